The highest BCUT2D eigenvalue weighted by molar-refractivity contribution is 6.42. The molecule has 3 rings (SSSR count). The van der Waals surface area contributed by atoms with Crippen LogP contribution in [0, 0.1) is 13.8 Å². The number of hydrogen-bond donors (Lipinski definition) is 1. The molecule has 0 spiro atoms. The highest BCUT2D eigenvalue weighted by Gasteiger charge is 2.35. The first-order valence-corrected chi connectivity index (χ1v) is 12.7. The number of aryl methyl sites for hydroxylation is 2. The summed E-state index contributed by atoms with van der Waals surface area (Å²) >= 11 is 11.4. The van der Waals surface area contributed by atoms with Crippen molar-refractivity contribution in [3.05, 3.63) is 64.2 Å². The molecule has 1 fully saturated rings. The lowest BCUT2D eigenvalue weighted by Gasteiger charge is -2.45. The van der Waals surface area contributed by atoms with E-state index >= 15 is 0 Å². The Hall–Kier alpha value is -2.32. The van der Waals surface area contributed by atoms with E-state index in [0.717, 1.165) is 29.9 Å². The number of methoxy groups -OCH3 is 1. The minimum atomic E-state index is 0.0180. The maximum absolute atomic E-state index is 6.09. The van der Waals surface area contributed by atoms with Gasteiger partial charge in [-0.2, -0.15) is 0 Å². The summed E-state index contributed by atoms with van der Waals surface area (Å²) in [6, 6.07) is 9.18. The molecule has 1 aliphatic rings. The van der Waals surface area contributed by atoms with Gasteiger partial charge in [0.05, 0.1) is 23.8 Å². The molecule has 1 saturated heterocycles. The maximum Gasteiger partial charge on any atom is 0.163 e. The number of anilines is 1. The van der Waals surface area contributed by atoms with Crippen LogP contribution in [0.25, 0.3) is 0 Å². The van der Waals surface area contributed by atoms with E-state index in [-0.39, 0.29) is 11.6 Å². The number of nitrogens with one attached hydrogen (secondary N) is 1. The summed E-state index contributed by atoms with van der Waals surface area (Å²) in [6.07, 6.45) is 4.35. The van der Waals surface area contributed by atoms with Crippen LogP contribution < -0.4 is 14.8 Å². The molecular weight excluding hydrogens is 499 g/mol. The predicted molar refractivity (Wildman–Crippen MR) is 148 cm³/mol. The smallest absolute Gasteiger partial charge is 0.163 e. The molecule has 7 nitrogen and oxygen atoms in total. The van der Waals surface area contributed by atoms with E-state index in [1.807, 2.05) is 39.1 Å². The number of hydrogen-bond acceptors (Lipinski definition) is 7. The summed E-state index contributed by atoms with van der Waals surface area (Å²) in [5, 5.41) is 4.11. The van der Waals surface area contributed by atoms with Crippen molar-refractivity contribution in [3.63, 3.8) is 0 Å². The van der Waals surface area contributed by atoms with Gasteiger partial charge in [0.25, 0.3) is 0 Å². The topological polar surface area (TPSA) is 68.7 Å². The number of ether oxygens (including phenoxy) is 3. The predicted octanol–water partition coefficient (Wildman–Crippen LogP) is 6.14. The molecule has 36 heavy (non-hydrogen) atoms. The number of nitrogens with zero attached hydrogens (tertiary/aromatic N) is 3. The molecule has 198 valence electrons. The SMILES string of the molecule is CCC1(C)COC(COc2cc(C)ncncc(C)cc2OC)CN1C.CNc1ccc(Cl)c(Cl)c1. The normalized spacial score (nSPS) is 19.4. The molecular formula is C27H38Cl2N4O3. The van der Waals surface area contributed by atoms with Crippen molar-refractivity contribution in [1.29, 1.82) is 0 Å². The summed E-state index contributed by atoms with van der Waals surface area (Å²) in [5.74, 6) is 1.29. The van der Waals surface area contributed by atoms with Crippen LogP contribution in [0.2, 0.25) is 10.0 Å². The minimum Gasteiger partial charge on any atom is -0.493 e. The fourth-order valence-corrected chi connectivity index (χ4v) is 3.75. The van der Waals surface area contributed by atoms with Crippen LogP contribution in [0.3, 0.4) is 0 Å². The molecule has 0 saturated carbocycles. The first-order chi connectivity index (χ1) is 17.1. The van der Waals surface area contributed by atoms with Crippen molar-refractivity contribution in [2.45, 2.75) is 45.8 Å². The van der Waals surface area contributed by atoms with Crippen LogP contribution in [0.15, 0.2) is 42.9 Å². The van der Waals surface area contributed by atoms with Gasteiger partial charge in [0.1, 0.15) is 19.0 Å². The van der Waals surface area contributed by atoms with Crippen LogP contribution in [0.5, 0.6) is 11.5 Å². The van der Waals surface area contributed by atoms with Crippen LogP contribution in [-0.4, -0.2) is 67.5 Å². The number of benzene rings is 1. The Balaban J connectivity index is 0.000000380. The molecule has 0 amide bonds. The van der Waals surface area contributed by atoms with E-state index in [4.69, 9.17) is 37.4 Å². The lowest BCUT2D eigenvalue weighted by Crippen LogP contribution is -2.56. The molecule has 9 heteroatoms. The third kappa shape index (κ3) is 8.96. The zero-order valence-corrected chi connectivity index (χ0v) is 23.8. The third-order valence-electron chi connectivity index (χ3n) is 6.19. The van der Waals surface area contributed by atoms with E-state index in [9.17, 15) is 0 Å². The van der Waals surface area contributed by atoms with Crippen LogP contribution in [0.1, 0.15) is 31.5 Å². The standard InChI is InChI=1S/C20H31N3O3.C7H7Cl2N/c1-7-20(4)13-26-17(11-23(20)5)12-25-19-9-16(3)22-14-21-10-15(2)8-18(19)24-6;1-10-5-2-3-6(8)7(9)4-5/h8-10,14,17H,7,11-13H2,1-6H3;2-4,10H,1H3. The number of halogens is 2. The van der Waals surface area contributed by atoms with Crippen molar-refractivity contribution < 1.29 is 14.2 Å². The molecule has 2 atom stereocenters. The van der Waals surface area contributed by atoms with Gasteiger partial charge in [-0.1, -0.05) is 30.1 Å². The molecule has 2 aromatic rings. The van der Waals surface area contributed by atoms with Gasteiger partial charge in [-0.05, 0) is 64.1 Å². The van der Waals surface area contributed by atoms with E-state index in [1.54, 1.807) is 25.4 Å². The second kappa shape index (κ2) is 14.4. The van der Waals surface area contributed by atoms with Gasteiger partial charge in [-0.15, -0.1) is 0 Å². The Morgan fingerprint density at radius 3 is 2.53 bits per heavy atom. The van der Waals surface area contributed by atoms with Crippen LogP contribution >= 0.6 is 23.2 Å². The fraction of sp³-hybridized carbons (Fsp3) is 0.481. The largest absolute Gasteiger partial charge is 0.493 e. The number of morpholine rings is 1. The van der Waals surface area contributed by atoms with E-state index in [1.165, 1.54) is 6.33 Å². The monoisotopic (exact) mass is 536 g/mol. The maximum atomic E-state index is 6.09. The molecule has 2 unspecified atom stereocenters. The highest BCUT2D eigenvalue weighted by atomic mass is 35.5. The zero-order valence-electron chi connectivity index (χ0n) is 22.3. The van der Waals surface area contributed by atoms with Crippen molar-refractivity contribution >= 4 is 28.9 Å². The average molecular weight is 538 g/mol. The van der Waals surface area contributed by atoms with Gasteiger partial charge in [0.15, 0.2) is 11.5 Å². The van der Waals surface area contributed by atoms with Crippen molar-refractivity contribution in [2.75, 3.05) is 46.3 Å². The Bertz CT molecular complexity index is 1060. The first kappa shape index (κ1) is 29.9. The summed E-state index contributed by atoms with van der Waals surface area (Å²) in [6.45, 7) is 10.3. The van der Waals surface area contributed by atoms with Crippen molar-refractivity contribution in [1.82, 2.24) is 14.9 Å². The van der Waals surface area contributed by atoms with Gasteiger partial charge in [0, 0.05) is 42.8 Å². The second-order valence-corrected chi connectivity index (χ2v) is 9.80. The molecule has 1 aromatic carbocycles. The molecule has 2 heterocycles. The Morgan fingerprint density at radius 2 is 1.92 bits per heavy atom. The van der Waals surface area contributed by atoms with Gasteiger partial charge in [0.2, 0.25) is 0 Å². The summed E-state index contributed by atoms with van der Waals surface area (Å²) in [7, 11) is 5.61. The first-order valence-electron chi connectivity index (χ1n) is 11.9. The Morgan fingerprint density at radius 1 is 1.17 bits per heavy atom. The minimum absolute atomic E-state index is 0.0180. The Kier molecular flexibility index (Phi) is 12.0. The van der Waals surface area contributed by atoms with E-state index in [2.05, 4.69) is 41.1 Å². The lowest BCUT2D eigenvalue weighted by atomic mass is 9.96. The highest BCUT2D eigenvalue weighted by Crippen LogP contribution is 2.28. The van der Waals surface area contributed by atoms with E-state index in [0.29, 0.717) is 34.8 Å². The number of aromatic nitrogens is 2. The third-order valence-corrected chi connectivity index (χ3v) is 6.93. The molecule has 1 N–H and O–H groups in total. The van der Waals surface area contributed by atoms with Gasteiger partial charge < -0.3 is 19.5 Å². The van der Waals surface area contributed by atoms with Gasteiger partial charge in [-0.25, -0.2) is 9.97 Å². The second-order valence-electron chi connectivity index (χ2n) is 8.98. The van der Waals surface area contributed by atoms with Crippen LogP contribution in [-0.2, 0) is 4.74 Å². The molecule has 1 aromatic heterocycles. The number of likely N-dealkylation sites (N-methyl/N-ethyl adjacent to an activating group) is 1. The zero-order chi connectivity index (χ0) is 26.7. The van der Waals surface area contributed by atoms with Crippen LogP contribution in [0.4, 0.5) is 5.69 Å². The molecule has 1 aliphatic heterocycles. The van der Waals surface area contributed by atoms with E-state index < -0.39 is 0 Å². The lowest BCUT2D eigenvalue weighted by molar-refractivity contribution is -0.108. The quantitative estimate of drug-likeness (QED) is 0.475. The molecule has 0 aliphatic carbocycles. The van der Waals surface area contributed by atoms with Gasteiger partial charge >= 0.3 is 0 Å². The summed E-state index contributed by atoms with van der Waals surface area (Å²) < 4.78 is 17.7. The summed E-state index contributed by atoms with van der Waals surface area (Å²) in [5.41, 5.74) is 2.80. The van der Waals surface area contributed by atoms with Crippen molar-refractivity contribution in [2.24, 2.45) is 0 Å². The summed E-state index contributed by atoms with van der Waals surface area (Å²) in [4.78, 5) is 10.8. The fourth-order valence-electron chi connectivity index (χ4n) is 3.45. The average Bonchev–Trinajstić information content (AvgIpc) is 2.87. The number of rotatable bonds is 6. The van der Waals surface area contributed by atoms with Crippen molar-refractivity contribution in [3.8, 4) is 11.5 Å². The van der Waals surface area contributed by atoms with Gasteiger partial charge in [-0.3, -0.25) is 4.90 Å². The molecule has 0 bridgehead atoms. The Labute approximate surface area is 225 Å². The molecule has 0 radical (unpaired) electrons.